The van der Waals surface area contributed by atoms with E-state index in [0.717, 1.165) is 0 Å². The van der Waals surface area contributed by atoms with Gasteiger partial charge in [0.2, 0.25) is 5.75 Å². The average molecular weight is 223 g/mol. The summed E-state index contributed by atoms with van der Waals surface area (Å²) >= 11 is 0. The lowest BCUT2D eigenvalue weighted by atomic mass is 10.2. The first-order chi connectivity index (χ1) is 7.60. The van der Waals surface area contributed by atoms with Crippen LogP contribution in [0.5, 0.6) is 5.75 Å². The number of esters is 1. The van der Waals surface area contributed by atoms with Crippen molar-refractivity contribution < 1.29 is 19.2 Å². The largest absolute Gasteiger partial charge is 0.418 e. The molecule has 0 aliphatic heterocycles. The molecule has 6 heteroatoms. The second-order valence-electron chi connectivity index (χ2n) is 2.90. The van der Waals surface area contributed by atoms with E-state index >= 15 is 0 Å². The van der Waals surface area contributed by atoms with Gasteiger partial charge in [-0.25, -0.2) is 0 Å². The summed E-state index contributed by atoms with van der Waals surface area (Å²) in [5, 5.41) is 10.7. The van der Waals surface area contributed by atoms with Crippen LogP contribution in [0.1, 0.15) is 23.7 Å². The van der Waals surface area contributed by atoms with Crippen LogP contribution in [-0.4, -0.2) is 17.2 Å². The van der Waals surface area contributed by atoms with Crippen molar-refractivity contribution in [3.05, 3.63) is 33.9 Å². The molecule has 0 saturated heterocycles. The summed E-state index contributed by atoms with van der Waals surface area (Å²) in [6.07, 6.45) is 0.482. The number of para-hydroxylation sites is 1. The first-order valence-corrected chi connectivity index (χ1v) is 4.53. The predicted molar refractivity (Wildman–Crippen MR) is 54.4 cm³/mol. The highest BCUT2D eigenvalue weighted by atomic mass is 16.6. The van der Waals surface area contributed by atoms with Crippen molar-refractivity contribution in [2.45, 2.75) is 13.3 Å². The maximum absolute atomic E-state index is 11.1. The molecule has 0 saturated carbocycles. The summed E-state index contributed by atoms with van der Waals surface area (Å²) in [6, 6.07) is 3.87. The number of benzene rings is 1. The zero-order valence-electron chi connectivity index (χ0n) is 8.50. The van der Waals surface area contributed by atoms with Crippen molar-refractivity contribution in [3.8, 4) is 5.75 Å². The van der Waals surface area contributed by atoms with Crippen molar-refractivity contribution in [2.24, 2.45) is 0 Å². The second kappa shape index (κ2) is 5.01. The molecule has 0 radical (unpaired) electrons. The van der Waals surface area contributed by atoms with Crippen LogP contribution < -0.4 is 4.74 Å². The fraction of sp³-hybridized carbons (Fsp3) is 0.200. The first kappa shape index (κ1) is 11.8. The van der Waals surface area contributed by atoms with E-state index in [9.17, 15) is 19.7 Å². The third-order valence-electron chi connectivity index (χ3n) is 1.85. The Bertz CT molecular complexity index is 441. The van der Waals surface area contributed by atoms with Crippen molar-refractivity contribution in [1.29, 1.82) is 0 Å². The van der Waals surface area contributed by atoms with Crippen LogP contribution in [0.15, 0.2) is 18.2 Å². The zero-order valence-corrected chi connectivity index (χ0v) is 8.50. The Morgan fingerprint density at radius 2 is 2.25 bits per heavy atom. The Hall–Kier alpha value is -2.24. The maximum atomic E-state index is 11.1. The zero-order chi connectivity index (χ0) is 12.1. The van der Waals surface area contributed by atoms with Crippen LogP contribution in [-0.2, 0) is 4.79 Å². The molecule has 6 nitrogen and oxygen atoms in total. The first-order valence-electron chi connectivity index (χ1n) is 4.53. The minimum absolute atomic E-state index is 0.0176. The van der Waals surface area contributed by atoms with Crippen molar-refractivity contribution in [2.75, 3.05) is 0 Å². The van der Waals surface area contributed by atoms with E-state index in [1.807, 2.05) is 0 Å². The Balaban J connectivity index is 3.24. The lowest BCUT2D eigenvalue weighted by Gasteiger charge is -2.05. The van der Waals surface area contributed by atoms with Crippen LogP contribution in [0.3, 0.4) is 0 Å². The van der Waals surface area contributed by atoms with E-state index in [-0.39, 0.29) is 17.7 Å². The molecule has 0 fully saturated rings. The van der Waals surface area contributed by atoms with Gasteiger partial charge in [0.25, 0.3) is 0 Å². The number of nitro groups is 1. The smallest absolute Gasteiger partial charge is 0.312 e. The highest BCUT2D eigenvalue weighted by Gasteiger charge is 2.20. The lowest BCUT2D eigenvalue weighted by molar-refractivity contribution is -0.385. The standard InChI is InChI=1S/C10H9NO5/c1-2-9(13)16-10-7(6-12)4-3-5-8(10)11(14)15/h3-6H,2H2,1H3. The number of hydrogen-bond donors (Lipinski definition) is 0. The van der Waals surface area contributed by atoms with Crippen LogP contribution in [0, 0.1) is 10.1 Å². The van der Waals surface area contributed by atoms with Gasteiger partial charge in [-0.05, 0) is 6.07 Å². The molecule has 0 aromatic heterocycles. The summed E-state index contributed by atoms with van der Waals surface area (Å²) < 4.78 is 4.77. The number of nitrogens with zero attached hydrogens (tertiary/aromatic N) is 1. The molecule has 0 N–H and O–H groups in total. The third kappa shape index (κ3) is 2.41. The van der Waals surface area contributed by atoms with Gasteiger partial charge in [-0.15, -0.1) is 0 Å². The molecule has 0 amide bonds. The highest BCUT2D eigenvalue weighted by molar-refractivity contribution is 5.85. The maximum Gasteiger partial charge on any atom is 0.312 e. The number of carbonyl (C=O) groups is 2. The molecule has 0 aliphatic rings. The molecule has 1 rings (SSSR count). The lowest BCUT2D eigenvalue weighted by Crippen LogP contribution is -2.09. The Labute approximate surface area is 91.0 Å². The number of aldehydes is 1. The van der Waals surface area contributed by atoms with E-state index < -0.39 is 16.6 Å². The van der Waals surface area contributed by atoms with Gasteiger partial charge in [0.1, 0.15) is 0 Å². The third-order valence-corrected chi connectivity index (χ3v) is 1.85. The molecule has 0 unspecified atom stereocenters. The van der Waals surface area contributed by atoms with Gasteiger partial charge in [0.15, 0.2) is 6.29 Å². The molecule has 1 aromatic carbocycles. The van der Waals surface area contributed by atoms with Crippen molar-refractivity contribution in [3.63, 3.8) is 0 Å². The monoisotopic (exact) mass is 223 g/mol. The number of hydrogen-bond acceptors (Lipinski definition) is 5. The van der Waals surface area contributed by atoms with E-state index in [1.54, 1.807) is 6.92 Å². The van der Waals surface area contributed by atoms with E-state index in [2.05, 4.69) is 0 Å². The van der Waals surface area contributed by atoms with Crippen LogP contribution >= 0.6 is 0 Å². The molecule has 0 atom stereocenters. The van der Waals surface area contributed by atoms with Gasteiger partial charge in [-0.3, -0.25) is 19.7 Å². The highest BCUT2D eigenvalue weighted by Crippen LogP contribution is 2.30. The van der Waals surface area contributed by atoms with E-state index in [0.29, 0.717) is 6.29 Å². The van der Waals surface area contributed by atoms with E-state index in [4.69, 9.17) is 4.74 Å². The number of nitro benzene ring substituents is 1. The summed E-state index contributed by atoms with van der Waals surface area (Å²) in [7, 11) is 0. The normalized spacial score (nSPS) is 9.56. The molecule has 0 bridgehead atoms. The predicted octanol–water partition coefficient (Wildman–Crippen LogP) is 1.72. The van der Waals surface area contributed by atoms with Crippen LogP contribution in [0.25, 0.3) is 0 Å². The van der Waals surface area contributed by atoms with Crippen molar-refractivity contribution >= 4 is 17.9 Å². The van der Waals surface area contributed by atoms with Gasteiger partial charge in [0.05, 0.1) is 10.5 Å². The summed E-state index contributed by atoms with van der Waals surface area (Å²) in [6.45, 7) is 1.55. The summed E-state index contributed by atoms with van der Waals surface area (Å²) in [4.78, 5) is 31.7. The van der Waals surface area contributed by atoms with Gasteiger partial charge < -0.3 is 4.74 Å². The quantitative estimate of drug-likeness (QED) is 0.255. The molecule has 16 heavy (non-hydrogen) atoms. The van der Waals surface area contributed by atoms with Crippen LogP contribution in [0.2, 0.25) is 0 Å². The molecule has 0 heterocycles. The molecular formula is C10H9NO5. The Morgan fingerprint density at radius 3 is 2.75 bits per heavy atom. The molecule has 1 aromatic rings. The Kier molecular flexibility index (Phi) is 3.71. The minimum Gasteiger partial charge on any atom is -0.418 e. The SMILES string of the molecule is CCC(=O)Oc1c(C=O)cccc1[N+](=O)[O-]. The fourth-order valence-electron chi connectivity index (χ4n) is 1.08. The molecule has 0 spiro atoms. The Morgan fingerprint density at radius 1 is 1.56 bits per heavy atom. The fourth-order valence-corrected chi connectivity index (χ4v) is 1.08. The number of carbonyl (C=O) groups excluding carboxylic acids is 2. The van der Waals surface area contributed by atoms with Gasteiger partial charge >= 0.3 is 11.7 Å². The molecule has 84 valence electrons. The van der Waals surface area contributed by atoms with E-state index in [1.165, 1.54) is 18.2 Å². The average Bonchev–Trinajstić information content (AvgIpc) is 2.28. The van der Waals surface area contributed by atoms with Gasteiger partial charge in [-0.2, -0.15) is 0 Å². The second-order valence-corrected chi connectivity index (χ2v) is 2.90. The number of rotatable bonds is 4. The summed E-state index contributed by atoms with van der Waals surface area (Å²) in [5.74, 6) is -0.924. The number of ether oxygens (including phenoxy) is 1. The van der Waals surface area contributed by atoms with Crippen molar-refractivity contribution in [1.82, 2.24) is 0 Å². The van der Waals surface area contributed by atoms with Gasteiger partial charge in [0, 0.05) is 12.5 Å². The summed E-state index contributed by atoms with van der Waals surface area (Å²) in [5.41, 5.74) is -0.414. The molecular weight excluding hydrogens is 214 g/mol. The minimum atomic E-state index is -0.703. The van der Waals surface area contributed by atoms with Gasteiger partial charge in [-0.1, -0.05) is 13.0 Å². The van der Waals surface area contributed by atoms with Crippen LogP contribution in [0.4, 0.5) is 5.69 Å². The molecule has 0 aliphatic carbocycles. The topological polar surface area (TPSA) is 86.5 Å².